The summed E-state index contributed by atoms with van der Waals surface area (Å²) in [7, 11) is 0. The highest BCUT2D eigenvalue weighted by atomic mass is 17.0. The van der Waals surface area contributed by atoms with E-state index in [2.05, 4.69) is 11.4 Å². The molecule has 0 saturated heterocycles. The minimum atomic E-state index is -0.922. The molecule has 0 saturated carbocycles. The fraction of sp³-hybridized carbons (Fsp3) is 0.412. The van der Waals surface area contributed by atoms with Crippen LogP contribution in [0.1, 0.15) is 32.8 Å². The molecular formula is C17H23NO8. The maximum atomic E-state index is 11.7. The first-order chi connectivity index (χ1) is 12.4. The first-order valence-electron chi connectivity index (χ1n) is 7.93. The minimum Gasteiger partial charge on any atom is -0.426 e. The van der Waals surface area contributed by atoms with E-state index in [1.165, 1.54) is 31.2 Å². The third-order valence-corrected chi connectivity index (χ3v) is 2.56. The summed E-state index contributed by atoms with van der Waals surface area (Å²) in [6.07, 6.45) is 1.43. The van der Waals surface area contributed by atoms with E-state index in [9.17, 15) is 19.7 Å². The largest absolute Gasteiger partial charge is 0.426 e. The normalized spacial score (nSPS) is 9.35. The summed E-state index contributed by atoms with van der Waals surface area (Å²) in [5.74, 6) is -0.435. The molecule has 0 unspecified atom stereocenters. The molecule has 1 aromatic carbocycles. The van der Waals surface area contributed by atoms with Crippen LogP contribution >= 0.6 is 0 Å². The van der Waals surface area contributed by atoms with E-state index >= 15 is 0 Å². The van der Waals surface area contributed by atoms with Gasteiger partial charge in [-0.2, -0.15) is 0 Å². The van der Waals surface area contributed by atoms with Crippen LogP contribution < -0.4 is 9.47 Å². The highest BCUT2D eigenvalue weighted by molar-refractivity contribution is 5.74. The summed E-state index contributed by atoms with van der Waals surface area (Å²) in [5.41, 5.74) is 0.503. The van der Waals surface area contributed by atoms with Gasteiger partial charge in [0.05, 0.1) is 19.6 Å². The van der Waals surface area contributed by atoms with Crippen molar-refractivity contribution in [1.29, 1.82) is 0 Å². The van der Waals surface area contributed by atoms with Crippen LogP contribution in [-0.2, 0) is 19.2 Å². The summed E-state index contributed by atoms with van der Waals surface area (Å²) in [6.45, 7) is 8.70. The lowest BCUT2D eigenvalue weighted by atomic mass is 10.2. The van der Waals surface area contributed by atoms with E-state index in [0.29, 0.717) is 11.3 Å². The Kier molecular flexibility index (Phi) is 11.9. The number of ether oxygens (including phenoxy) is 3. The van der Waals surface area contributed by atoms with Crippen molar-refractivity contribution < 1.29 is 33.7 Å². The average molecular weight is 369 g/mol. The smallest absolute Gasteiger partial charge is 0.313 e. The molecule has 0 amide bonds. The molecule has 0 aliphatic carbocycles. The van der Waals surface area contributed by atoms with E-state index < -0.39 is 17.0 Å². The molecule has 9 heteroatoms. The van der Waals surface area contributed by atoms with Crippen LogP contribution in [0.15, 0.2) is 24.8 Å². The van der Waals surface area contributed by atoms with E-state index in [1.807, 2.05) is 13.8 Å². The van der Waals surface area contributed by atoms with Crippen molar-refractivity contribution in [3.63, 3.8) is 0 Å². The molecule has 0 N–H and O–H groups in total. The van der Waals surface area contributed by atoms with Gasteiger partial charge in [-0.25, -0.2) is 0 Å². The Morgan fingerprint density at radius 1 is 1.19 bits per heavy atom. The standard InChI is InChI=1S/C15H17NO8.C2H6/c1-3-12-10-13(4-5-14(12)23-11(2)17)24-15(18)6-7-21-8-9-22-16(19)20;1-2/h3-5,10H,1,6-9H2,2H3;1-2H3. The van der Waals surface area contributed by atoms with Gasteiger partial charge in [0.1, 0.15) is 18.1 Å². The molecule has 0 aliphatic rings. The van der Waals surface area contributed by atoms with Crippen LogP contribution in [0.2, 0.25) is 0 Å². The Morgan fingerprint density at radius 2 is 1.88 bits per heavy atom. The van der Waals surface area contributed by atoms with Crippen molar-refractivity contribution in [2.45, 2.75) is 27.2 Å². The first kappa shape index (κ1) is 23.1. The second-order valence-electron chi connectivity index (χ2n) is 4.39. The van der Waals surface area contributed by atoms with Crippen LogP contribution in [0.25, 0.3) is 6.08 Å². The van der Waals surface area contributed by atoms with Crippen molar-refractivity contribution in [3.8, 4) is 11.5 Å². The Labute approximate surface area is 151 Å². The molecule has 1 rings (SSSR count). The molecule has 0 fully saturated rings. The topological polar surface area (TPSA) is 114 Å². The lowest BCUT2D eigenvalue weighted by Gasteiger charge is -2.09. The van der Waals surface area contributed by atoms with Gasteiger partial charge in [0.2, 0.25) is 0 Å². The minimum absolute atomic E-state index is 0.00798. The number of rotatable bonds is 10. The summed E-state index contributed by atoms with van der Waals surface area (Å²) in [5, 5.41) is 8.98. The van der Waals surface area contributed by atoms with Crippen molar-refractivity contribution in [2.75, 3.05) is 19.8 Å². The zero-order valence-corrected chi connectivity index (χ0v) is 15.1. The third-order valence-electron chi connectivity index (χ3n) is 2.56. The number of carbonyl (C=O) groups excluding carboxylic acids is 2. The fourth-order valence-electron chi connectivity index (χ4n) is 1.61. The van der Waals surface area contributed by atoms with Crippen LogP contribution in [-0.4, -0.2) is 36.8 Å². The molecule has 0 radical (unpaired) electrons. The van der Waals surface area contributed by atoms with E-state index in [-0.39, 0.29) is 32.0 Å². The molecule has 0 heterocycles. The van der Waals surface area contributed by atoms with E-state index in [4.69, 9.17) is 14.2 Å². The molecule has 9 nitrogen and oxygen atoms in total. The maximum Gasteiger partial charge on any atom is 0.313 e. The number of hydrogen-bond donors (Lipinski definition) is 0. The predicted octanol–water partition coefficient (Wildman–Crippen LogP) is 2.80. The lowest BCUT2D eigenvalue weighted by molar-refractivity contribution is -0.758. The molecule has 0 aromatic heterocycles. The summed E-state index contributed by atoms with van der Waals surface area (Å²) >= 11 is 0. The van der Waals surface area contributed by atoms with Gasteiger partial charge in [-0.15, -0.1) is 10.1 Å². The number of carbonyl (C=O) groups is 2. The van der Waals surface area contributed by atoms with Gasteiger partial charge in [-0.05, 0) is 18.2 Å². The Morgan fingerprint density at radius 3 is 2.46 bits per heavy atom. The second-order valence-corrected chi connectivity index (χ2v) is 4.39. The van der Waals surface area contributed by atoms with Crippen LogP contribution in [0.4, 0.5) is 0 Å². The van der Waals surface area contributed by atoms with Gasteiger partial charge in [-0.3, -0.25) is 9.59 Å². The molecule has 0 aliphatic heterocycles. The first-order valence-corrected chi connectivity index (χ1v) is 7.93. The molecular weight excluding hydrogens is 346 g/mol. The zero-order valence-electron chi connectivity index (χ0n) is 15.1. The molecule has 1 aromatic rings. The zero-order chi connectivity index (χ0) is 19.9. The van der Waals surface area contributed by atoms with E-state index in [0.717, 1.165) is 0 Å². The Bertz CT molecular complexity index is 615. The van der Waals surface area contributed by atoms with Gasteiger partial charge in [0.25, 0.3) is 5.09 Å². The molecule has 0 bridgehead atoms. The van der Waals surface area contributed by atoms with Gasteiger partial charge in [0.15, 0.2) is 0 Å². The second kappa shape index (κ2) is 13.4. The van der Waals surface area contributed by atoms with Gasteiger partial charge in [0, 0.05) is 12.5 Å². The summed E-state index contributed by atoms with van der Waals surface area (Å²) in [6, 6.07) is 4.48. The molecule has 144 valence electrons. The summed E-state index contributed by atoms with van der Waals surface area (Å²) in [4.78, 5) is 36.6. The monoisotopic (exact) mass is 369 g/mol. The predicted molar refractivity (Wildman–Crippen MR) is 93.2 cm³/mol. The SMILES string of the molecule is C=Cc1cc(OC(=O)CCOCCO[N+](=O)[O-])ccc1OC(C)=O.CC. The maximum absolute atomic E-state index is 11.7. The van der Waals surface area contributed by atoms with Crippen molar-refractivity contribution in [3.05, 3.63) is 40.5 Å². The van der Waals surface area contributed by atoms with Gasteiger partial charge < -0.3 is 19.0 Å². The number of benzene rings is 1. The number of hydrogen-bond acceptors (Lipinski definition) is 8. The third kappa shape index (κ3) is 10.0. The fourth-order valence-corrected chi connectivity index (χ4v) is 1.61. The highest BCUT2D eigenvalue weighted by Gasteiger charge is 2.09. The Hall–Kier alpha value is -2.94. The van der Waals surface area contributed by atoms with Crippen LogP contribution in [0, 0.1) is 10.1 Å². The average Bonchev–Trinajstić information content (AvgIpc) is 2.60. The molecule has 0 spiro atoms. The highest BCUT2D eigenvalue weighted by Crippen LogP contribution is 2.25. The molecule has 0 atom stereocenters. The van der Waals surface area contributed by atoms with Crippen LogP contribution in [0.3, 0.4) is 0 Å². The lowest BCUT2D eigenvalue weighted by Crippen LogP contribution is -2.14. The van der Waals surface area contributed by atoms with Gasteiger partial charge >= 0.3 is 11.9 Å². The quantitative estimate of drug-likeness (QED) is 0.203. The summed E-state index contributed by atoms with van der Waals surface area (Å²) < 4.78 is 15.1. The van der Waals surface area contributed by atoms with Crippen molar-refractivity contribution >= 4 is 18.0 Å². The van der Waals surface area contributed by atoms with Crippen LogP contribution in [0.5, 0.6) is 11.5 Å². The number of nitrogens with zero attached hydrogens (tertiary/aromatic N) is 1. The van der Waals surface area contributed by atoms with Gasteiger partial charge in [-0.1, -0.05) is 26.5 Å². The number of esters is 2. The van der Waals surface area contributed by atoms with Crippen molar-refractivity contribution in [2.24, 2.45) is 0 Å². The molecule has 26 heavy (non-hydrogen) atoms. The van der Waals surface area contributed by atoms with Crippen molar-refractivity contribution in [1.82, 2.24) is 0 Å². The van der Waals surface area contributed by atoms with E-state index in [1.54, 1.807) is 0 Å². The Balaban J connectivity index is 0.00000301.